The van der Waals surface area contributed by atoms with E-state index in [0.717, 1.165) is 60.8 Å². The molecule has 1 aliphatic carbocycles. The molecule has 0 radical (unpaired) electrons. The van der Waals surface area contributed by atoms with E-state index >= 15 is 0 Å². The number of hydrogen-bond donors (Lipinski definition) is 2. The molecule has 218 valence electrons. The smallest absolute Gasteiger partial charge is 0.339 e. The summed E-state index contributed by atoms with van der Waals surface area (Å²) in [5, 5.41) is 11.5. The second-order valence-corrected chi connectivity index (χ2v) is 12.8. The highest BCUT2D eigenvalue weighted by Crippen LogP contribution is 2.43. The minimum atomic E-state index is -1.02. The van der Waals surface area contributed by atoms with Gasteiger partial charge in [-0.2, -0.15) is 0 Å². The third-order valence-electron chi connectivity index (χ3n) is 8.70. The second kappa shape index (κ2) is 11.5. The lowest BCUT2D eigenvalue weighted by Crippen LogP contribution is -2.52. The minimum Gasteiger partial charge on any atom is -0.478 e. The average molecular weight is 585 g/mol. The standard InChI is InChI=1S/C34H37ClN4O3/c1-22-20-39(15-14-38(22)21-25-10-12-34(2,3)18-30(25)23-4-6-26(35)7-5-23)27-8-9-29(33(40)41)31(17-27)42-28-16-24-11-13-36-32(24)37-19-28/h4-9,11,13,16-17,19,22H,10,12,14-15,18,20-21H2,1-3H3,(H,36,37)(H,40,41)/t22-/m1/s1. The fourth-order valence-electron chi connectivity index (χ4n) is 6.24. The molecule has 42 heavy (non-hydrogen) atoms. The zero-order valence-electron chi connectivity index (χ0n) is 24.4. The van der Waals surface area contributed by atoms with Gasteiger partial charge in [-0.1, -0.05) is 43.2 Å². The van der Waals surface area contributed by atoms with Crippen molar-refractivity contribution in [1.29, 1.82) is 0 Å². The first-order valence-electron chi connectivity index (χ1n) is 14.6. The predicted molar refractivity (Wildman–Crippen MR) is 169 cm³/mol. The molecule has 1 aliphatic heterocycles. The quantitative estimate of drug-likeness (QED) is 0.230. The molecule has 3 heterocycles. The molecule has 2 N–H and O–H groups in total. The molecule has 0 bridgehead atoms. The highest BCUT2D eigenvalue weighted by Gasteiger charge is 2.31. The number of pyridine rings is 1. The Morgan fingerprint density at radius 2 is 1.95 bits per heavy atom. The van der Waals surface area contributed by atoms with Gasteiger partial charge in [-0.15, -0.1) is 0 Å². The Morgan fingerprint density at radius 1 is 1.14 bits per heavy atom. The number of carbonyl (C=O) groups is 1. The number of benzene rings is 2. The molecule has 1 fully saturated rings. The van der Waals surface area contributed by atoms with Gasteiger partial charge in [0.2, 0.25) is 0 Å². The number of piperazine rings is 1. The first kappa shape index (κ1) is 28.3. The number of rotatable bonds is 7. The van der Waals surface area contributed by atoms with E-state index in [1.807, 2.05) is 42.6 Å². The van der Waals surface area contributed by atoms with Crippen molar-refractivity contribution in [2.75, 3.05) is 31.1 Å². The second-order valence-electron chi connectivity index (χ2n) is 12.4. The Hall–Kier alpha value is -3.81. The van der Waals surface area contributed by atoms with Crippen molar-refractivity contribution in [3.8, 4) is 11.5 Å². The molecule has 8 heteroatoms. The van der Waals surface area contributed by atoms with Crippen LogP contribution in [0.1, 0.15) is 56.0 Å². The van der Waals surface area contributed by atoms with Crippen LogP contribution in [0.3, 0.4) is 0 Å². The van der Waals surface area contributed by atoms with Gasteiger partial charge in [0.25, 0.3) is 0 Å². The molecular formula is C34H37ClN4O3. The van der Waals surface area contributed by atoms with Crippen LogP contribution in [0, 0.1) is 5.41 Å². The van der Waals surface area contributed by atoms with Gasteiger partial charge >= 0.3 is 5.97 Å². The summed E-state index contributed by atoms with van der Waals surface area (Å²) in [7, 11) is 0. The molecule has 2 aromatic heterocycles. The summed E-state index contributed by atoms with van der Waals surface area (Å²) in [6, 6.07) is 17.8. The van der Waals surface area contributed by atoms with E-state index in [1.165, 1.54) is 23.1 Å². The summed E-state index contributed by atoms with van der Waals surface area (Å²) < 4.78 is 6.10. The minimum absolute atomic E-state index is 0.126. The van der Waals surface area contributed by atoms with Gasteiger partial charge in [-0.25, -0.2) is 9.78 Å². The number of aromatic nitrogens is 2. The first-order chi connectivity index (χ1) is 20.1. The van der Waals surface area contributed by atoms with Crippen molar-refractivity contribution in [1.82, 2.24) is 14.9 Å². The molecule has 4 aromatic rings. The van der Waals surface area contributed by atoms with E-state index in [1.54, 1.807) is 12.3 Å². The zero-order valence-corrected chi connectivity index (χ0v) is 25.1. The van der Waals surface area contributed by atoms with Crippen molar-refractivity contribution >= 4 is 39.9 Å². The Balaban J connectivity index is 1.20. The van der Waals surface area contributed by atoms with Crippen molar-refractivity contribution in [3.63, 3.8) is 0 Å². The maximum Gasteiger partial charge on any atom is 0.339 e. The number of nitrogens with one attached hydrogen (secondary N) is 1. The van der Waals surface area contributed by atoms with Gasteiger partial charge in [0.05, 0.1) is 6.20 Å². The lowest BCUT2D eigenvalue weighted by molar-refractivity contribution is 0.0694. The normalized spacial score (nSPS) is 19.3. The van der Waals surface area contributed by atoms with Crippen LogP contribution in [0.2, 0.25) is 5.02 Å². The number of aromatic carboxylic acids is 1. The maximum atomic E-state index is 12.0. The Labute approximate surface area is 251 Å². The monoisotopic (exact) mass is 584 g/mol. The molecule has 0 amide bonds. The third kappa shape index (κ3) is 6.03. The number of nitrogens with zero attached hydrogens (tertiary/aromatic N) is 3. The maximum absolute atomic E-state index is 12.0. The van der Waals surface area contributed by atoms with E-state index in [2.05, 4.69) is 52.7 Å². The lowest BCUT2D eigenvalue weighted by atomic mass is 9.72. The molecule has 2 aromatic carbocycles. The zero-order chi connectivity index (χ0) is 29.4. The van der Waals surface area contributed by atoms with Gasteiger partial charge in [-0.3, -0.25) is 4.90 Å². The third-order valence-corrected chi connectivity index (χ3v) is 8.95. The fraction of sp³-hybridized carbons (Fsp3) is 0.353. The Bertz CT molecular complexity index is 1640. The summed E-state index contributed by atoms with van der Waals surface area (Å²) in [5.74, 6) is -0.208. The van der Waals surface area contributed by atoms with Crippen molar-refractivity contribution in [3.05, 3.63) is 88.7 Å². The summed E-state index contributed by atoms with van der Waals surface area (Å²) in [5.41, 5.74) is 6.41. The average Bonchev–Trinajstić information content (AvgIpc) is 3.43. The van der Waals surface area contributed by atoms with Crippen LogP contribution in [-0.2, 0) is 0 Å². The number of aromatic amines is 1. The topological polar surface area (TPSA) is 81.7 Å². The van der Waals surface area contributed by atoms with Crippen LogP contribution < -0.4 is 9.64 Å². The van der Waals surface area contributed by atoms with E-state index in [0.29, 0.717) is 17.5 Å². The van der Waals surface area contributed by atoms with Crippen LogP contribution in [0.25, 0.3) is 16.6 Å². The van der Waals surface area contributed by atoms with Crippen LogP contribution in [0.15, 0.2) is 72.6 Å². The summed E-state index contributed by atoms with van der Waals surface area (Å²) in [6.45, 7) is 10.6. The number of H-pyrrole nitrogens is 1. The SMILES string of the molecule is C[C@@H]1CN(c2ccc(C(=O)O)c(Oc3cnc4[nH]ccc4c3)c2)CCN1CC1=C(c2ccc(Cl)cc2)CC(C)(C)CC1. The number of carboxylic acid groups (broad SMARTS) is 1. The summed E-state index contributed by atoms with van der Waals surface area (Å²) in [6.07, 6.45) is 6.80. The summed E-state index contributed by atoms with van der Waals surface area (Å²) >= 11 is 6.20. The number of anilines is 1. The van der Waals surface area contributed by atoms with Gasteiger partial charge in [-0.05, 0) is 79.1 Å². The van der Waals surface area contributed by atoms with Gasteiger partial charge in [0.15, 0.2) is 0 Å². The van der Waals surface area contributed by atoms with E-state index < -0.39 is 5.97 Å². The molecular weight excluding hydrogens is 548 g/mol. The van der Waals surface area contributed by atoms with Gasteiger partial charge in [0, 0.05) is 60.6 Å². The van der Waals surface area contributed by atoms with Crippen molar-refractivity contribution < 1.29 is 14.6 Å². The van der Waals surface area contributed by atoms with Crippen molar-refractivity contribution in [2.24, 2.45) is 5.41 Å². The molecule has 2 aliphatic rings. The molecule has 6 rings (SSSR count). The highest BCUT2D eigenvalue weighted by molar-refractivity contribution is 6.30. The van der Waals surface area contributed by atoms with Crippen LogP contribution >= 0.6 is 11.6 Å². The van der Waals surface area contributed by atoms with Gasteiger partial charge < -0.3 is 19.7 Å². The molecule has 0 saturated carbocycles. The van der Waals surface area contributed by atoms with Crippen molar-refractivity contribution in [2.45, 2.75) is 46.1 Å². The number of halogens is 1. The number of hydrogen-bond acceptors (Lipinski definition) is 5. The summed E-state index contributed by atoms with van der Waals surface area (Å²) in [4.78, 5) is 24.4. The molecule has 0 spiro atoms. The van der Waals surface area contributed by atoms with Gasteiger partial charge in [0.1, 0.15) is 22.7 Å². The van der Waals surface area contributed by atoms with E-state index in [4.69, 9.17) is 16.3 Å². The number of fused-ring (bicyclic) bond motifs is 1. The van der Waals surface area contributed by atoms with Crippen LogP contribution in [0.4, 0.5) is 5.69 Å². The fourth-order valence-corrected chi connectivity index (χ4v) is 6.37. The predicted octanol–water partition coefficient (Wildman–Crippen LogP) is 7.88. The Morgan fingerprint density at radius 3 is 2.71 bits per heavy atom. The lowest BCUT2D eigenvalue weighted by Gasteiger charge is -2.43. The number of allylic oxidation sites excluding steroid dienone is 1. The van der Waals surface area contributed by atoms with Crippen LogP contribution in [0.5, 0.6) is 11.5 Å². The van der Waals surface area contributed by atoms with E-state index in [-0.39, 0.29) is 11.0 Å². The number of ether oxygens (including phenoxy) is 1. The number of carboxylic acids is 1. The largest absolute Gasteiger partial charge is 0.478 e. The van der Waals surface area contributed by atoms with Crippen LogP contribution in [-0.4, -0.2) is 58.2 Å². The van der Waals surface area contributed by atoms with E-state index in [9.17, 15) is 9.90 Å². The molecule has 1 saturated heterocycles. The molecule has 1 atom stereocenters. The Kier molecular flexibility index (Phi) is 7.73. The first-order valence-corrected chi connectivity index (χ1v) is 15.0. The molecule has 0 unspecified atom stereocenters. The molecule has 7 nitrogen and oxygen atoms in total. The highest BCUT2D eigenvalue weighted by atomic mass is 35.5.